The van der Waals surface area contributed by atoms with E-state index in [1.165, 1.54) is 12.1 Å². The number of amides is 1. The number of aliphatic hydroxyl groups excluding tert-OH is 1. The van der Waals surface area contributed by atoms with Crippen LogP contribution in [0.4, 0.5) is 5.69 Å². The summed E-state index contributed by atoms with van der Waals surface area (Å²) >= 11 is 0. The number of ether oxygens (including phenoxy) is 2. The van der Waals surface area contributed by atoms with Crippen molar-refractivity contribution in [1.29, 1.82) is 0 Å². The highest BCUT2D eigenvalue weighted by molar-refractivity contribution is 7.89. The Morgan fingerprint density at radius 3 is 2.38 bits per heavy atom. The number of nitrogens with one attached hydrogen (secondary N) is 2. The molecular weight excluding hydrogens is 627 g/mol. The minimum absolute atomic E-state index is 0.0371. The van der Waals surface area contributed by atoms with Crippen molar-refractivity contribution in [3.63, 3.8) is 0 Å². The molecule has 1 fully saturated rings. The molecule has 0 radical (unpaired) electrons. The van der Waals surface area contributed by atoms with Gasteiger partial charge in [0.1, 0.15) is 6.04 Å². The van der Waals surface area contributed by atoms with E-state index in [1.54, 1.807) is 30.3 Å². The number of benzene rings is 4. The number of sulfonamides is 1. The second kappa shape index (κ2) is 16.3. The van der Waals surface area contributed by atoms with Crippen LogP contribution in [0.15, 0.2) is 121 Å². The fourth-order valence-corrected chi connectivity index (χ4v) is 6.87. The largest absolute Gasteiger partial charge is 0.392 e. The van der Waals surface area contributed by atoms with E-state index in [-0.39, 0.29) is 30.1 Å². The molecule has 0 bridgehead atoms. The smallest absolute Gasteiger partial charge is 0.242 e. The Labute approximate surface area is 283 Å². The van der Waals surface area contributed by atoms with Crippen LogP contribution < -0.4 is 10.0 Å². The molecule has 4 atom stereocenters. The molecule has 4 aromatic rings. The highest BCUT2D eigenvalue weighted by Crippen LogP contribution is 2.38. The van der Waals surface area contributed by atoms with Crippen molar-refractivity contribution in [3.8, 4) is 0 Å². The van der Waals surface area contributed by atoms with E-state index in [9.17, 15) is 18.3 Å². The number of hydrogen-bond donors (Lipinski definition) is 3. The van der Waals surface area contributed by atoms with Crippen LogP contribution >= 0.6 is 0 Å². The van der Waals surface area contributed by atoms with Crippen LogP contribution in [0.25, 0.3) is 0 Å². The van der Waals surface area contributed by atoms with Gasteiger partial charge < -0.3 is 24.8 Å². The highest BCUT2D eigenvalue weighted by atomic mass is 32.2. The van der Waals surface area contributed by atoms with Crippen molar-refractivity contribution >= 4 is 21.6 Å². The average molecular weight is 670 g/mol. The van der Waals surface area contributed by atoms with Crippen molar-refractivity contribution in [2.45, 2.75) is 55.8 Å². The van der Waals surface area contributed by atoms with Crippen LogP contribution in [0.3, 0.4) is 0 Å². The molecule has 0 spiro atoms. The van der Waals surface area contributed by atoms with Crippen molar-refractivity contribution in [1.82, 2.24) is 9.62 Å². The molecule has 0 saturated carbocycles. The van der Waals surface area contributed by atoms with Gasteiger partial charge in [0.25, 0.3) is 0 Å². The summed E-state index contributed by atoms with van der Waals surface area (Å²) in [6, 6.07) is 29.6. The lowest BCUT2D eigenvalue weighted by atomic mass is 9.99. The van der Waals surface area contributed by atoms with Crippen LogP contribution in [0.2, 0.25) is 0 Å². The van der Waals surface area contributed by atoms with Crippen LogP contribution in [0.1, 0.15) is 46.6 Å². The third-order valence-electron chi connectivity index (χ3n) is 8.23. The van der Waals surface area contributed by atoms with E-state index in [0.717, 1.165) is 22.3 Å². The lowest BCUT2D eigenvalue weighted by Crippen LogP contribution is -2.45. The van der Waals surface area contributed by atoms with Gasteiger partial charge in [-0.2, -0.15) is 4.72 Å². The highest BCUT2D eigenvalue weighted by Gasteiger charge is 2.33. The van der Waals surface area contributed by atoms with Crippen molar-refractivity contribution in [3.05, 3.63) is 144 Å². The standard InChI is InChI=1S/C38H43N3O6S/c1-4-21-41(3)25-33-24-36(30-17-15-29(26-42)16-18-30)47-38(46-33)31-11-8-12-32(23-31)39-37(43)35(22-28-9-6-5-7-10-28)40-48(44,45)34-19-13-27(2)14-20-34/h4-20,23,33,35-36,38,40,42H,1,21-22,24-26H2,2-3H3,(H,39,43). The van der Waals surface area contributed by atoms with Gasteiger partial charge in [-0.15, -0.1) is 6.58 Å². The van der Waals surface area contributed by atoms with Gasteiger partial charge in [0.05, 0.1) is 23.7 Å². The zero-order chi connectivity index (χ0) is 34.1. The molecule has 5 rings (SSSR count). The Kier molecular flexibility index (Phi) is 11.9. The van der Waals surface area contributed by atoms with Gasteiger partial charge in [-0.3, -0.25) is 4.79 Å². The first kappa shape index (κ1) is 35.2. The normalized spacial score (nSPS) is 18.7. The second-order valence-electron chi connectivity index (χ2n) is 12.2. The summed E-state index contributed by atoms with van der Waals surface area (Å²) in [5.74, 6) is -0.497. The molecule has 4 aromatic carbocycles. The van der Waals surface area contributed by atoms with Crippen molar-refractivity contribution < 1.29 is 27.8 Å². The van der Waals surface area contributed by atoms with Crippen molar-refractivity contribution in [2.75, 3.05) is 25.5 Å². The number of hydrogen-bond acceptors (Lipinski definition) is 7. The summed E-state index contributed by atoms with van der Waals surface area (Å²) < 4.78 is 42.3. The first-order chi connectivity index (χ1) is 23.1. The Balaban J connectivity index is 1.37. The molecular formula is C38H43N3O6S. The van der Waals surface area contributed by atoms with Gasteiger partial charge in [-0.1, -0.05) is 90.5 Å². The number of anilines is 1. The van der Waals surface area contributed by atoms with Gasteiger partial charge in [-0.25, -0.2) is 8.42 Å². The Morgan fingerprint density at radius 2 is 1.69 bits per heavy atom. The average Bonchev–Trinajstić information content (AvgIpc) is 3.08. The van der Waals surface area contributed by atoms with Gasteiger partial charge in [0, 0.05) is 30.8 Å². The molecule has 1 aliphatic rings. The molecule has 3 N–H and O–H groups in total. The Morgan fingerprint density at radius 1 is 0.958 bits per heavy atom. The maximum absolute atomic E-state index is 13.8. The Hall–Kier alpha value is -4.16. The molecule has 1 saturated heterocycles. The topological polar surface area (TPSA) is 117 Å². The number of nitrogens with zero attached hydrogens (tertiary/aromatic N) is 1. The SMILES string of the molecule is C=CCN(C)CC1CC(c2ccc(CO)cc2)OC(c2cccc(NC(=O)C(Cc3ccccc3)NS(=O)(=O)c3ccc(C)cc3)c2)O1. The predicted molar refractivity (Wildman–Crippen MR) is 187 cm³/mol. The first-order valence-electron chi connectivity index (χ1n) is 16.0. The first-order valence-corrected chi connectivity index (χ1v) is 17.5. The summed E-state index contributed by atoms with van der Waals surface area (Å²) in [5.41, 5.74) is 4.73. The van der Waals surface area contributed by atoms with Gasteiger partial charge in [0.15, 0.2) is 6.29 Å². The summed E-state index contributed by atoms with van der Waals surface area (Å²) in [4.78, 5) is 16.0. The van der Waals surface area contributed by atoms with E-state index < -0.39 is 28.3 Å². The molecule has 1 heterocycles. The zero-order valence-corrected chi connectivity index (χ0v) is 28.1. The Bertz CT molecular complexity index is 1760. The number of carbonyl (C=O) groups is 1. The zero-order valence-electron chi connectivity index (χ0n) is 27.3. The third kappa shape index (κ3) is 9.47. The minimum Gasteiger partial charge on any atom is -0.392 e. The molecule has 0 aliphatic carbocycles. The van der Waals surface area contributed by atoms with Gasteiger partial charge in [0.2, 0.25) is 15.9 Å². The second-order valence-corrected chi connectivity index (χ2v) is 13.9. The number of rotatable bonds is 14. The number of carbonyl (C=O) groups excluding carboxylic acids is 1. The number of aryl methyl sites for hydroxylation is 1. The monoisotopic (exact) mass is 669 g/mol. The number of likely N-dealkylation sites (N-methyl/N-ethyl adjacent to an activating group) is 1. The molecule has 48 heavy (non-hydrogen) atoms. The molecule has 0 aromatic heterocycles. The fraction of sp³-hybridized carbons (Fsp3) is 0.289. The van der Waals surface area contributed by atoms with Crippen LogP contribution in [-0.4, -0.2) is 56.6 Å². The summed E-state index contributed by atoms with van der Waals surface area (Å²) in [6.45, 7) is 7.06. The van der Waals surface area contributed by atoms with Crippen LogP contribution in [0.5, 0.6) is 0 Å². The molecule has 4 unspecified atom stereocenters. The lowest BCUT2D eigenvalue weighted by molar-refractivity contribution is -0.252. The summed E-state index contributed by atoms with van der Waals surface area (Å²) in [5, 5.41) is 12.4. The maximum atomic E-state index is 13.8. The van der Waals surface area contributed by atoms with E-state index in [4.69, 9.17) is 9.47 Å². The quantitative estimate of drug-likeness (QED) is 0.148. The van der Waals surface area contributed by atoms with E-state index in [0.29, 0.717) is 30.8 Å². The van der Waals surface area contributed by atoms with Crippen LogP contribution in [0, 0.1) is 6.92 Å². The lowest BCUT2D eigenvalue weighted by Gasteiger charge is -2.37. The molecule has 1 aliphatic heterocycles. The molecule has 1 amide bonds. The third-order valence-corrected chi connectivity index (χ3v) is 9.71. The predicted octanol–water partition coefficient (Wildman–Crippen LogP) is 5.68. The van der Waals surface area contributed by atoms with E-state index in [2.05, 4.69) is 21.5 Å². The molecule has 9 nitrogen and oxygen atoms in total. The minimum atomic E-state index is -3.99. The van der Waals surface area contributed by atoms with E-state index >= 15 is 0 Å². The van der Waals surface area contributed by atoms with Gasteiger partial charge >= 0.3 is 0 Å². The summed E-state index contributed by atoms with van der Waals surface area (Å²) in [7, 11) is -1.98. The molecule has 10 heteroatoms. The van der Waals surface area contributed by atoms with E-state index in [1.807, 2.05) is 80.7 Å². The number of aliphatic hydroxyl groups is 1. The molecule has 252 valence electrons. The fourth-order valence-electron chi connectivity index (χ4n) is 5.68. The van der Waals surface area contributed by atoms with Crippen LogP contribution in [-0.2, 0) is 37.3 Å². The maximum Gasteiger partial charge on any atom is 0.242 e. The van der Waals surface area contributed by atoms with Crippen molar-refractivity contribution in [2.24, 2.45) is 0 Å². The summed E-state index contributed by atoms with van der Waals surface area (Å²) in [6.07, 6.45) is 1.50. The van der Waals surface area contributed by atoms with Gasteiger partial charge in [-0.05, 0) is 61.3 Å².